The van der Waals surface area contributed by atoms with Crippen molar-refractivity contribution >= 4 is 24.2 Å². The number of imidazole rings is 1. The van der Waals surface area contributed by atoms with Gasteiger partial charge in [-0.25, -0.2) is 13.4 Å². The molecule has 0 unspecified atom stereocenters. The van der Waals surface area contributed by atoms with E-state index in [-0.39, 0.29) is 37.1 Å². The van der Waals surface area contributed by atoms with E-state index >= 15 is 0 Å². The van der Waals surface area contributed by atoms with Crippen molar-refractivity contribution in [3.8, 4) is 11.3 Å². The molecule has 0 spiro atoms. The molecule has 0 radical (unpaired) electrons. The number of carbonyl (C=O) groups is 1. The molecule has 1 aromatic heterocycles. The van der Waals surface area contributed by atoms with Crippen molar-refractivity contribution in [3.05, 3.63) is 78.2 Å². The number of nitrogens with zero attached hydrogens (tertiary/aromatic N) is 4. The molecule has 0 saturated carbocycles. The highest BCUT2D eigenvalue weighted by Crippen LogP contribution is 2.41. The van der Waals surface area contributed by atoms with Crippen LogP contribution in [0.1, 0.15) is 65.4 Å². The molecule has 44 heavy (non-hydrogen) atoms. The molecule has 1 fully saturated rings. The van der Waals surface area contributed by atoms with Crippen molar-refractivity contribution in [1.29, 1.82) is 0 Å². The number of hydrogen-bond donors (Lipinski definition) is 0. The van der Waals surface area contributed by atoms with Gasteiger partial charge in [-0.05, 0) is 29.1 Å². The summed E-state index contributed by atoms with van der Waals surface area (Å²) in [6, 6.07) is 19.4. The molecule has 8 nitrogen and oxygen atoms in total. The van der Waals surface area contributed by atoms with Gasteiger partial charge in [-0.2, -0.15) is 4.31 Å². The molecule has 240 valence electrons. The molecule has 1 amide bonds. The fourth-order valence-corrected chi connectivity index (χ4v) is 7.73. The zero-order valence-electron chi connectivity index (χ0n) is 27.9. The lowest BCUT2D eigenvalue weighted by molar-refractivity contribution is -0.136. The van der Waals surface area contributed by atoms with Gasteiger partial charge in [0.05, 0.1) is 30.6 Å². The first kappa shape index (κ1) is 34.1. The van der Waals surface area contributed by atoms with E-state index in [4.69, 9.17) is 9.41 Å². The van der Waals surface area contributed by atoms with E-state index < -0.39 is 35.8 Å². The van der Waals surface area contributed by atoms with Crippen LogP contribution in [0.25, 0.3) is 11.3 Å². The summed E-state index contributed by atoms with van der Waals surface area (Å²) < 4.78 is 36.4. The topological polar surface area (TPSA) is 84.7 Å². The van der Waals surface area contributed by atoms with Crippen LogP contribution < -0.4 is 0 Å². The van der Waals surface area contributed by atoms with Crippen LogP contribution >= 0.6 is 0 Å². The molecular formula is C34H50N4O4SSi. The SMILES string of the molecule is CC(C)(C)[C@H](c1nc(-c2ccccc2)cn1Cc1ccccc1)N1C[C@@H](CO[Si](C)(C)C(C)(C)C)N(S(C)(=O)=O)CCC1=O. The van der Waals surface area contributed by atoms with Gasteiger partial charge >= 0.3 is 0 Å². The average molecular weight is 639 g/mol. The van der Waals surface area contributed by atoms with Gasteiger partial charge in [0, 0.05) is 37.8 Å². The summed E-state index contributed by atoms with van der Waals surface area (Å²) in [4.78, 5) is 21.1. The minimum Gasteiger partial charge on any atom is -0.415 e. The van der Waals surface area contributed by atoms with E-state index in [1.165, 1.54) is 10.6 Å². The summed E-state index contributed by atoms with van der Waals surface area (Å²) in [5.74, 6) is 0.703. The molecule has 1 aliphatic rings. The van der Waals surface area contributed by atoms with E-state index in [0.717, 1.165) is 22.6 Å². The monoisotopic (exact) mass is 638 g/mol. The van der Waals surface area contributed by atoms with Crippen LogP contribution in [-0.4, -0.2) is 73.4 Å². The quantitative estimate of drug-likeness (QED) is 0.248. The second-order valence-electron chi connectivity index (χ2n) is 14.6. The van der Waals surface area contributed by atoms with Gasteiger partial charge in [-0.3, -0.25) is 4.79 Å². The summed E-state index contributed by atoms with van der Waals surface area (Å²) in [5, 5.41) is -0.0346. The summed E-state index contributed by atoms with van der Waals surface area (Å²) in [5.41, 5.74) is 2.56. The maximum atomic E-state index is 14.0. The van der Waals surface area contributed by atoms with E-state index in [1.807, 2.05) is 53.4 Å². The smallest absolute Gasteiger partial charge is 0.224 e. The number of hydrogen-bond acceptors (Lipinski definition) is 5. The molecule has 3 aromatic rings. The summed E-state index contributed by atoms with van der Waals surface area (Å²) in [6.45, 7) is 18.4. The predicted molar refractivity (Wildman–Crippen MR) is 180 cm³/mol. The molecule has 2 aromatic carbocycles. The van der Waals surface area contributed by atoms with Gasteiger partial charge in [0.25, 0.3) is 0 Å². The maximum Gasteiger partial charge on any atom is 0.224 e. The molecule has 0 bridgehead atoms. The summed E-state index contributed by atoms with van der Waals surface area (Å²) in [7, 11) is -5.77. The van der Waals surface area contributed by atoms with Crippen LogP contribution in [0.3, 0.4) is 0 Å². The van der Waals surface area contributed by atoms with Gasteiger partial charge in [0.1, 0.15) is 5.82 Å². The minimum atomic E-state index is -3.59. The molecule has 1 saturated heterocycles. The number of amides is 1. The first-order chi connectivity index (χ1) is 20.4. The Balaban J connectivity index is 1.81. The second-order valence-corrected chi connectivity index (χ2v) is 21.4. The zero-order valence-corrected chi connectivity index (χ0v) is 29.7. The largest absolute Gasteiger partial charge is 0.415 e. The Morgan fingerprint density at radius 2 is 1.57 bits per heavy atom. The van der Waals surface area contributed by atoms with Crippen molar-refractivity contribution in [3.63, 3.8) is 0 Å². The van der Waals surface area contributed by atoms with Gasteiger partial charge in [0.15, 0.2) is 8.32 Å². The highest BCUT2D eigenvalue weighted by molar-refractivity contribution is 7.88. The number of carbonyl (C=O) groups excluding carboxylic acids is 1. The van der Waals surface area contributed by atoms with E-state index in [2.05, 4.69) is 77.5 Å². The highest BCUT2D eigenvalue weighted by Gasteiger charge is 2.44. The van der Waals surface area contributed by atoms with Crippen molar-refractivity contribution in [2.24, 2.45) is 5.41 Å². The van der Waals surface area contributed by atoms with Crippen LogP contribution in [-0.2, 0) is 25.8 Å². The highest BCUT2D eigenvalue weighted by atomic mass is 32.2. The fraction of sp³-hybridized carbons (Fsp3) is 0.529. The van der Waals surface area contributed by atoms with Crippen molar-refractivity contribution < 1.29 is 17.6 Å². The Kier molecular flexibility index (Phi) is 10.00. The molecule has 10 heteroatoms. The van der Waals surface area contributed by atoms with Gasteiger partial charge in [-0.15, -0.1) is 0 Å². The van der Waals surface area contributed by atoms with Crippen LogP contribution in [0.15, 0.2) is 66.9 Å². The number of rotatable bonds is 9. The average Bonchev–Trinajstić information content (AvgIpc) is 3.24. The zero-order chi connectivity index (χ0) is 32.5. The number of benzene rings is 2. The maximum absolute atomic E-state index is 14.0. The van der Waals surface area contributed by atoms with Crippen LogP contribution in [0.5, 0.6) is 0 Å². The molecule has 2 heterocycles. The van der Waals surface area contributed by atoms with Gasteiger partial charge in [-0.1, -0.05) is 102 Å². The van der Waals surface area contributed by atoms with Crippen LogP contribution in [0.4, 0.5) is 0 Å². The Morgan fingerprint density at radius 3 is 2.11 bits per heavy atom. The summed E-state index contributed by atoms with van der Waals surface area (Å²) >= 11 is 0. The predicted octanol–water partition coefficient (Wildman–Crippen LogP) is 6.57. The number of sulfonamides is 1. The third kappa shape index (κ3) is 7.88. The normalized spacial score (nSPS) is 18.3. The first-order valence-corrected chi connectivity index (χ1v) is 20.2. The van der Waals surface area contributed by atoms with E-state index in [1.54, 1.807) is 0 Å². The lowest BCUT2D eigenvalue weighted by atomic mass is 9.84. The van der Waals surface area contributed by atoms with Crippen molar-refractivity contribution in [2.45, 2.75) is 84.7 Å². The molecule has 4 rings (SSSR count). The van der Waals surface area contributed by atoms with E-state index in [9.17, 15) is 13.2 Å². The summed E-state index contributed by atoms with van der Waals surface area (Å²) in [6.07, 6.45) is 3.40. The fourth-order valence-electron chi connectivity index (χ4n) is 5.59. The van der Waals surface area contributed by atoms with Gasteiger partial charge in [0.2, 0.25) is 15.9 Å². The number of aromatic nitrogens is 2. The van der Waals surface area contributed by atoms with E-state index in [0.29, 0.717) is 6.54 Å². The second kappa shape index (κ2) is 12.9. The van der Waals surface area contributed by atoms with Gasteiger partial charge < -0.3 is 13.9 Å². The third-order valence-electron chi connectivity index (χ3n) is 9.00. The molecule has 1 aliphatic heterocycles. The molecular weight excluding hydrogens is 589 g/mol. The van der Waals surface area contributed by atoms with Crippen LogP contribution in [0.2, 0.25) is 18.1 Å². The lowest BCUT2D eigenvalue weighted by Crippen LogP contribution is -2.52. The minimum absolute atomic E-state index is 0.0346. The Labute approximate surface area is 265 Å². The molecule has 2 atom stereocenters. The van der Waals surface area contributed by atoms with Crippen molar-refractivity contribution in [1.82, 2.24) is 18.8 Å². The molecule has 0 N–H and O–H groups in total. The first-order valence-electron chi connectivity index (χ1n) is 15.4. The Bertz CT molecular complexity index is 1530. The molecule has 0 aliphatic carbocycles. The van der Waals surface area contributed by atoms with Crippen molar-refractivity contribution in [2.75, 3.05) is 26.0 Å². The Hall–Kier alpha value is -2.79. The van der Waals surface area contributed by atoms with Crippen LogP contribution in [0, 0.1) is 5.41 Å². The lowest BCUT2D eigenvalue weighted by Gasteiger charge is -2.42. The third-order valence-corrected chi connectivity index (χ3v) is 14.8. The standard InChI is InChI=1S/C34H50N4O4SSi/c1-33(2,3)31(32-35-29(27-18-14-11-15-19-27)24-36(32)22-26-16-12-10-13-17-26)37-23-28(25-42-44(8,9)34(4,5)6)38(43(7,40)41)21-20-30(37)39/h10-19,24,28,31H,20-23,25H2,1-9H3/t28-,31-/m0/s1. The Morgan fingerprint density at radius 1 is 0.977 bits per heavy atom.